The molecule has 1 aromatic heterocycles. The van der Waals surface area contributed by atoms with Gasteiger partial charge in [-0.25, -0.2) is 0 Å². The van der Waals surface area contributed by atoms with Gasteiger partial charge in [-0.3, -0.25) is 4.68 Å². The third-order valence-corrected chi connectivity index (χ3v) is 2.80. The zero-order chi connectivity index (χ0) is 12.3. The molecule has 2 aromatic rings. The van der Waals surface area contributed by atoms with Gasteiger partial charge < -0.3 is 10.4 Å². The van der Waals surface area contributed by atoms with E-state index in [2.05, 4.69) is 10.4 Å². The Labute approximate surface area is 105 Å². The zero-order valence-corrected chi connectivity index (χ0v) is 10.2. The lowest BCUT2D eigenvalue weighted by atomic mass is 10.1. The molecule has 0 aliphatic carbocycles. The van der Waals surface area contributed by atoms with Gasteiger partial charge in [0.05, 0.1) is 6.10 Å². The lowest BCUT2D eigenvalue weighted by Crippen LogP contribution is -2.13. The fraction of sp³-hybridized carbons (Fsp3) is 0.250. The summed E-state index contributed by atoms with van der Waals surface area (Å²) in [7, 11) is 1.84. The Morgan fingerprint density at radius 1 is 1.41 bits per heavy atom. The number of aromatic nitrogens is 2. The van der Waals surface area contributed by atoms with Crippen molar-refractivity contribution in [2.75, 3.05) is 11.9 Å². The molecule has 0 fully saturated rings. The first kappa shape index (κ1) is 12.0. The van der Waals surface area contributed by atoms with Gasteiger partial charge >= 0.3 is 0 Å². The van der Waals surface area contributed by atoms with Crippen LogP contribution in [-0.2, 0) is 7.05 Å². The number of aliphatic hydroxyl groups is 1. The Morgan fingerprint density at radius 3 is 2.82 bits per heavy atom. The highest BCUT2D eigenvalue weighted by Gasteiger charge is 2.10. The number of anilines is 1. The number of hydrogen-bond acceptors (Lipinski definition) is 3. The van der Waals surface area contributed by atoms with E-state index in [-0.39, 0.29) is 0 Å². The molecule has 2 rings (SSSR count). The second kappa shape index (κ2) is 5.21. The monoisotopic (exact) mass is 251 g/mol. The molecule has 0 saturated heterocycles. The van der Waals surface area contributed by atoms with Gasteiger partial charge in [0.1, 0.15) is 5.82 Å². The zero-order valence-electron chi connectivity index (χ0n) is 9.47. The second-order valence-corrected chi connectivity index (χ2v) is 4.20. The number of aryl methyl sites for hydroxylation is 1. The third-order valence-electron chi connectivity index (χ3n) is 2.45. The summed E-state index contributed by atoms with van der Waals surface area (Å²) in [5, 5.41) is 17.8. The van der Waals surface area contributed by atoms with Gasteiger partial charge in [0.2, 0.25) is 0 Å². The number of hydrogen-bond donors (Lipinski definition) is 2. The van der Waals surface area contributed by atoms with Crippen LogP contribution in [0.4, 0.5) is 5.82 Å². The predicted molar refractivity (Wildman–Crippen MR) is 68.1 cm³/mol. The maximum atomic E-state index is 9.99. The summed E-state index contributed by atoms with van der Waals surface area (Å²) in [6.45, 7) is 0.376. The molecule has 0 bridgehead atoms. The Bertz CT molecular complexity index is 498. The van der Waals surface area contributed by atoms with Crippen molar-refractivity contribution in [3.8, 4) is 0 Å². The molecule has 2 N–H and O–H groups in total. The van der Waals surface area contributed by atoms with Gasteiger partial charge in [-0.2, -0.15) is 5.10 Å². The maximum Gasteiger partial charge on any atom is 0.148 e. The molecule has 90 valence electrons. The van der Waals surface area contributed by atoms with Crippen LogP contribution >= 0.6 is 11.6 Å². The quantitative estimate of drug-likeness (QED) is 0.876. The van der Waals surface area contributed by atoms with E-state index in [0.29, 0.717) is 11.6 Å². The maximum absolute atomic E-state index is 9.99. The van der Waals surface area contributed by atoms with Crippen LogP contribution in [0.3, 0.4) is 0 Å². The summed E-state index contributed by atoms with van der Waals surface area (Å²) in [5.41, 5.74) is 0.720. The molecule has 0 spiro atoms. The largest absolute Gasteiger partial charge is 0.387 e. The average Bonchev–Trinajstić information content (AvgIpc) is 2.73. The van der Waals surface area contributed by atoms with E-state index in [1.807, 2.05) is 37.5 Å². The average molecular weight is 252 g/mol. The van der Waals surface area contributed by atoms with Gasteiger partial charge in [-0.05, 0) is 6.07 Å². The molecule has 1 aromatic carbocycles. The topological polar surface area (TPSA) is 50.1 Å². The highest BCUT2D eigenvalue weighted by Crippen LogP contribution is 2.22. The molecule has 17 heavy (non-hydrogen) atoms. The molecule has 1 atom stereocenters. The van der Waals surface area contributed by atoms with Crippen LogP contribution in [0, 0.1) is 0 Å². The van der Waals surface area contributed by atoms with Gasteiger partial charge in [0.15, 0.2) is 0 Å². The molecule has 0 aliphatic rings. The summed E-state index contributed by atoms with van der Waals surface area (Å²) in [4.78, 5) is 0. The highest BCUT2D eigenvalue weighted by atomic mass is 35.5. The van der Waals surface area contributed by atoms with Crippen LogP contribution in [-0.4, -0.2) is 21.4 Å². The lowest BCUT2D eigenvalue weighted by molar-refractivity contribution is 0.191. The number of nitrogens with one attached hydrogen (secondary N) is 1. The minimum Gasteiger partial charge on any atom is -0.387 e. The van der Waals surface area contributed by atoms with Crippen molar-refractivity contribution in [1.82, 2.24) is 9.78 Å². The summed E-state index contributed by atoms with van der Waals surface area (Å²) in [6, 6.07) is 9.11. The van der Waals surface area contributed by atoms with Crippen molar-refractivity contribution >= 4 is 17.4 Å². The molecule has 0 saturated carbocycles. The number of aliphatic hydroxyl groups excluding tert-OH is 1. The first-order valence-electron chi connectivity index (χ1n) is 5.33. The SMILES string of the molecule is Cn1ccc(NCC(O)c2ccccc2Cl)n1. The van der Waals surface area contributed by atoms with Crippen molar-refractivity contribution in [2.24, 2.45) is 7.05 Å². The molecular formula is C12H14ClN3O. The van der Waals surface area contributed by atoms with Crippen LogP contribution < -0.4 is 5.32 Å². The van der Waals surface area contributed by atoms with E-state index in [4.69, 9.17) is 11.6 Å². The van der Waals surface area contributed by atoms with Crippen LogP contribution in [0.15, 0.2) is 36.5 Å². The van der Waals surface area contributed by atoms with Crippen LogP contribution in [0.1, 0.15) is 11.7 Å². The molecule has 1 unspecified atom stereocenters. The molecular weight excluding hydrogens is 238 g/mol. The summed E-state index contributed by atoms with van der Waals surface area (Å²) in [5.74, 6) is 0.735. The summed E-state index contributed by atoms with van der Waals surface area (Å²) in [6.07, 6.45) is 1.19. The molecule has 1 heterocycles. The first-order chi connectivity index (χ1) is 8.16. The fourth-order valence-electron chi connectivity index (χ4n) is 1.57. The number of rotatable bonds is 4. The lowest BCUT2D eigenvalue weighted by Gasteiger charge is -2.13. The summed E-state index contributed by atoms with van der Waals surface area (Å²) < 4.78 is 1.70. The van der Waals surface area contributed by atoms with E-state index in [0.717, 1.165) is 11.4 Å². The Morgan fingerprint density at radius 2 is 2.18 bits per heavy atom. The van der Waals surface area contributed by atoms with E-state index >= 15 is 0 Å². The smallest absolute Gasteiger partial charge is 0.148 e. The van der Waals surface area contributed by atoms with Crippen molar-refractivity contribution in [1.29, 1.82) is 0 Å². The minimum atomic E-state index is -0.647. The molecule has 0 aliphatic heterocycles. The van der Waals surface area contributed by atoms with E-state index < -0.39 is 6.10 Å². The Hall–Kier alpha value is -1.52. The standard InChI is InChI=1S/C12H14ClN3O/c1-16-7-6-12(15-16)14-8-11(17)9-4-2-3-5-10(9)13/h2-7,11,17H,8H2,1H3,(H,14,15). The highest BCUT2D eigenvalue weighted by molar-refractivity contribution is 6.31. The van der Waals surface area contributed by atoms with Gasteiger partial charge in [0, 0.05) is 36.4 Å². The number of nitrogens with zero attached hydrogens (tertiary/aromatic N) is 2. The Kier molecular flexibility index (Phi) is 3.66. The van der Waals surface area contributed by atoms with E-state index in [9.17, 15) is 5.11 Å². The van der Waals surface area contributed by atoms with Crippen LogP contribution in [0.5, 0.6) is 0 Å². The van der Waals surface area contributed by atoms with Crippen LogP contribution in [0.2, 0.25) is 5.02 Å². The Balaban J connectivity index is 1.98. The van der Waals surface area contributed by atoms with Gasteiger partial charge in [0.25, 0.3) is 0 Å². The second-order valence-electron chi connectivity index (χ2n) is 3.79. The summed E-state index contributed by atoms with van der Waals surface area (Å²) >= 11 is 6.00. The van der Waals surface area contributed by atoms with Crippen molar-refractivity contribution in [2.45, 2.75) is 6.10 Å². The molecule has 4 nitrogen and oxygen atoms in total. The van der Waals surface area contributed by atoms with Gasteiger partial charge in [-0.15, -0.1) is 0 Å². The number of benzene rings is 1. The van der Waals surface area contributed by atoms with Crippen molar-refractivity contribution < 1.29 is 5.11 Å². The fourth-order valence-corrected chi connectivity index (χ4v) is 1.83. The minimum absolute atomic E-state index is 0.376. The van der Waals surface area contributed by atoms with E-state index in [1.54, 1.807) is 10.7 Å². The number of halogens is 1. The normalized spacial score (nSPS) is 12.4. The molecule has 0 amide bonds. The molecule has 5 heteroatoms. The van der Waals surface area contributed by atoms with Crippen molar-refractivity contribution in [3.05, 3.63) is 47.1 Å². The van der Waals surface area contributed by atoms with E-state index in [1.165, 1.54) is 0 Å². The third kappa shape index (κ3) is 2.99. The molecule has 0 radical (unpaired) electrons. The van der Waals surface area contributed by atoms with Crippen molar-refractivity contribution in [3.63, 3.8) is 0 Å². The first-order valence-corrected chi connectivity index (χ1v) is 5.70. The predicted octanol–water partition coefficient (Wildman–Crippen LogP) is 2.22. The van der Waals surface area contributed by atoms with Crippen LogP contribution in [0.25, 0.3) is 0 Å². The van der Waals surface area contributed by atoms with Gasteiger partial charge in [-0.1, -0.05) is 29.8 Å².